The van der Waals surface area contributed by atoms with Gasteiger partial charge in [0.2, 0.25) is 0 Å². The normalized spacial score (nSPS) is 24.5. The first-order valence-electron chi connectivity index (χ1n) is 5.45. The Morgan fingerprint density at radius 3 is 2.54 bits per heavy atom. The van der Waals surface area contributed by atoms with E-state index in [-0.39, 0.29) is 0 Å². The third-order valence-electron chi connectivity index (χ3n) is 3.13. The minimum atomic E-state index is 0.325. The quantitative estimate of drug-likeness (QED) is 0.640. The largest absolute Gasteiger partial charge is 0.293 e. The van der Waals surface area contributed by atoms with Gasteiger partial charge < -0.3 is 0 Å². The molecule has 0 aromatic rings. The van der Waals surface area contributed by atoms with Crippen molar-refractivity contribution in [1.82, 2.24) is 0 Å². The van der Waals surface area contributed by atoms with E-state index < -0.39 is 0 Å². The number of carbonyl (C=O) groups is 1. The zero-order valence-electron chi connectivity index (χ0n) is 8.09. The van der Waals surface area contributed by atoms with Gasteiger partial charge in [0.05, 0.1) is 5.71 Å². The van der Waals surface area contributed by atoms with Crippen molar-refractivity contribution in [1.29, 1.82) is 0 Å². The van der Waals surface area contributed by atoms with Crippen molar-refractivity contribution in [2.75, 3.05) is 6.54 Å². The van der Waals surface area contributed by atoms with Crippen molar-refractivity contribution in [2.45, 2.75) is 44.9 Å². The molecule has 72 valence electrons. The molecule has 0 bridgehead atoms. The van der Waals surface area contributed by atoms with Gasteiger partial charge in [-0.2, -0.15) is 0 Å². The molecule has 0 N–H and O–H groups in total. The van der Waals surface area contributed by atoms with Gasteiger partial charge in [0.25, 0.3) is 0 Å². The minimum Gasteiger partial charge on any atom is -0.293 e. The molecule has 0 aromatic heterocycles. The predicted molar refractivity (Wildman–Crippen MR) is 53.1 cm³/mol. The number of rotatable bonds is 2. The maximum absolute atomic E-state index is 11.9. The Bertz CT molecular complexity index is 226. The first-order chi connectivity index (χ1) is 6.38. The highest BCUT2D eigenvalue weighted by molar-refractivity contribution is 6.40. The van der Waals surface area contributed by atoms with Crippen LogP contribution in [0.3, 0.4) is 0 Å². The van der Waals surface area contributed by atoms with E-state index in [2.05, 4.69) is 4.99 Å². The van der Waals surface area contributed by atoms with Crippen LogP contribution in [0.5, 0.6) is 0 Å². The Kier molecular flexibility index (Phi) is 2.77. The Hall–Kier alpha value is -0.660. The summed E-state index contributed by atoms with van der Waals surface area (Å²) in [5.41, 5.74) is 0.895. The molecule has 1 heterocycles. The molecule has 1 aliphatic carbocycles. The van der Waals surface area contributed by atoms with Crippen LogP contribution in [-0.2, 0) is 4.79 Å². The van der Waals surface area contributed by atoms with Crippen molar-refractivity contribution >= 4 is 11.5 Å². The van der Waals surface area contributed by atoms with Crippen molar-refractivity contribution in [2.24, 2.45) is 10.9 Å². The van der Waals surface area contributed by atoms with Crippen LogP contribution in [0.25, 0.3) is 0 Å². The van der Waals surface area contributed by atoms with Crippen LogP contribution in [-0.4, -0.2) is 18.0 Å². The van der Waals surface area contributed by atoms with E-state index in [4.69, 9.17) is 0 Å². The third kappa shape index (κ3) is 1.98. The van der Waals surface area contributed by atoms with Crippen molar-refractivity contribution in [3.8, 4) is 0 Å². The van der Waals surface area contributed by atoms with Gasteiger partial charge in [-0.25, -0.2) is 0 Å². The molecule has 0 radical (unpaired) electrons. The van der Waals surface area contributed by atoms with Crippen LogP contribution in [0.15, 0.2) is 4.99 Å². The van der Waals surface area contributed by atoms with Gasteiger partial charge in [-0.15, -0.1) is 0 Å². The lowest BCUT2D eigenvalue weighted by molar-refractivity contribution is -0.117. The summed E-state index contributed by atoms with van der Waals surface area (Å²) in [4.78, 5) is 16.1. The second-order valence-electron chi connectivity index (χ2n) is 4.13. The second-order valence-corrected chi connectivity index (χ2v) is 4.13. The molecule has 0 atom stereocenters. The van der Waals surface area contributed by atoms with Crippen LogP contribution in [0.4, 0.5) is 0 Å². The molecule has 0 saturated heterocycles. The highest BCUT2D eigenvalue weighted by Crippen LogP contribution is 2.26. The highest BCUT2D eigenvalue weighted by Gasteiger charge is 2.25. The predicted octanol–water partition coefficient (Wildman–Crippen LogP) is 2.37. The Morgan fingerprint density at radius 2 is 1.92 bits per heavy atom. The topological polar surface area (TPSA) is 29.4 Å². The lowest BCUT2D eigenvalue weighted by atomic mass is 9.84. The van der Waals surface area contributed by atoms with Crippen molar-refractivity contribution in [3.05, 3.63) is 0 Å². The number of ketones is 1. The summed E-state index contributed by atoms with van der Waals surface area (Å²) < 4.78 is 0. The van der Waals surface area contributed by atoms with E-state index in [9.17, 15) is 4.79 Å². The van der Waals surface area contributed by atoms with E-state index in [0.29, 0.717) is 11.7 Å². The zero-order valence-corrected chi connectivity index (χ0v) is 8.09. The Balaban J connectivity index is 1.94. The monoisotopic (exact) mass is 179 g/mol. The SMILES string of the molecule is O=C(C1=NCCC1)C1CCCCC1. The molecule has 13 heavy (non-hydrogen) atoms. The van der Waals surface area contributed by atoms with Gasteiger partial charge in [-0.1, -0.05) is 19.3 Å². The van der Waals surface area contributed by atoms with Crippen LogP contribution in [0, 0.1) is 5.92 Å². The van der Waals surface area contributed by atoms with Crippen LogP contribution >= 0.6 is 0 Å². The van der Waals surface area contributed by atoms with Crippen LogP contribution in [0.1, 0.15) is 44.9 Å². The lowest BCUT2D eigenvalue weighted by Crippen LogP contribution is -2.24. The standard InChI is InChI=1S/C11H17NO/c13-11(10-7-4-8-12-10)9-5-2-1-3-6-9/h9H,1-8H2. The number of hydrogen-bond acceptors (Lipinski definition) is 2. The molecular formula is C11H17NO. The molecule has 0 amide bonds. The van der Waals surface area contributed by atoms with E-state index in [0.717, 1.165) is 37.9 Å². The minimum absolute atomic E-state index is 0.325. The van der Waals surface area contributed by atoms with E-state index in [1.165, 1.54) is 19.3 Å². The number of nitrogens with zero attached hydrogens (tertiary/aromatic N) is 1. The van der Waals surface area contributed by atoms with Crippen LogP contribution < -0.4 is 0 Å². The summed E-state index contributed by atoms with van der Waals surface area (Å²) in [5, 5.41) is 0. The average Bonchev–Trinajstić information content (AvgIpc) is 2.71. The molecule has 0 spiro atoms. The van der Waals surface area contributed by atoms with Crippen molar-refractivity contribution in [3.63, 3.8) is 0 Å². The molecule has 0 aromatic carbocycles. The van der Waals surface area contributed by atoms with E-state index in [1.54, 1.807) is 0 Å². The molecule has 1 fully saturated rings. The molecule has 2 rings (SSSR count). The molecule has 1 saturated carbocycles. The summed E-state index contributed by atoms with van der Waals surface area (Å²) >= 11 is 0. The number of aliphatic imine (C=N–C) groups is 1. The average molecular weight is 179 g/mol. The van der Waals surface area contributed by atoms with Gasteiger partial charge >= 0.3 is 0 Å². The summed E-state index contributed by atoms with van der Waals surface area (Å²) in [5.74, 6) is 0.697. The van der Waals surface area contributed by atoms with Gasteiger partial charge in [0, 0.05) is 12.5 Å². The fourth-order valence-corrected chi connectivity index (χ4v) is 2.34. The molecule has 0 unspecified atom stereocenters. The first kappa shape index (κ1) is 8.92. The Morgan fingerprint density at radius 1 is 1.15 bits per heavy atom. The summed E-state index contributed by atoms with van der Waals surface area (Å²) in [6.07, 6.45) is 8.04. The van der Waals surface area contributed by atoms with E-state index in [1.807, 2.05) is 0 Å². The van der Waals surface area contributed by atoms with Crippen molar-refractivity contribution < 1.29 is 4.79 Å². The number of Topliss-reactive ketones (excluding diaryl/α,β-unsaturated/α-hetero) is 1. The fourth-order valence-electron chi connectivity index (χ4n) is 2.34. The Labute approximate surface area is 79.4 Å². The molecule has 2 heteroatoms. The van der Waals surface area contributed by atoms with Gasteiger partial charge in [0.1, 0.15) is 0 Å². The summed E-state index contributed by atoms with van der Waals surface area (Å²) in [6, 6.07) is 0. The molecule has 2 nitrogen and oxygen atoms in total. The van der Waals surface area contributed by atoms with Gasteiger partial charge in [-0.05, 0) is 25.7 Å². The van der Waals surface area contributed by atoms with E-state index >= 15 is 0 Å². The second kappa shape index (κ2) is 4.03. The zero-order chi connectivity index (χ0) is 9.10. The first-order valence-corrected chi connectivity index (χ1v) is 5.45. The molecule has 1 aliphatic heterocycles. The molecular weight excluding hydrogens is 162 g/mol. The van der Waals surface area contributed by atoms with Gasteiger partial charge in [0.15, 0.2) is 5.78 Å². The summed E-state index contributed by atoms with van der Waals surface area (Å²) in [7, 11) is 0. The number of carbonyl (C=O) groups excluding carboxylic acids is 1. The fraction of sp³-hybridized carbons (Fsp3) is 0.818. The maximum Gasteiger partial charge on any atom is 0.179 e. The van der Waals surface area contributed by atoms with Crippen LogP contribution in [0.2, 0.25) is 0 Å². The maximum atomic E-state index is 11.9. The third-order valence-corrected chi connectivity index (χ3v) is 3.13. The lowest BCUT2D eigenvalue weighted by Gasteiger charge is -2.19. The highest BCUT2D eigenvalue weighted by atomic mass is 16.1. The molecule has 2 aliphatic rings. The number of hydrogen-bond donors (Lipinski definition) is 0. The summed E-state index contributed by atoms with van der Waals surface area (Å²) in [6.45, 7) is 0.883. The van der Waals surface area contributed by atoms with Gasteiger partial charge in [-0.3, -0.25) is 9.79 Å². The smallest absolute Gasteiger partial charge is 0.179 e.